The first-order valence-corrected chi connectivity index (χ1v) is 10.6. The summed E-state index contributed by atoms with van der Waals surface area (Å²) in [4.78, 5) is 32.8. The van der Waals surface area contributed by atoms with E-state index in [-0.39, 0.29) is 18.0 Å². The summed E-state index contributed by atoms with van der Waals surface area (Å²) in [6.45, 7) is 8.02. The van der Waals surface area contributed by atoms with Crippen LogP contribution in [0.2, 0.25) is 0 Å². The van der Waals surface area contributed by atoms with Crippen molar-refractivity contribution in [1.82, 2.24) is 14.5 Å². The number of aromatic nitrogens is 2. The first-order chi connectivity index (χ1) is 14.9. The van der Waals surface area contributed by atoms with Gasteiger partial charge in [0, 0.05) is 30.9 Å². The van der Waals surface area contributed by atoms with Gasteiger partial charge in [-0.25, -0.2) is 4.98 Å². The van der Waals surface area contributed by atoms with E-state index in [9.17, 15) is 9.59 Å². The third kappa shape index (κ3) is 4.75. The number of nitrogens with one attached hydrogen (secondary N) is 1. The summed E-state index contributed by atoms with van der Waals surface area (Å²) in [5, 5.41) is 2.92. The van der Waals surface area contributed by atoms with Crippen molar-refractivity contribution in [2.24, 2.45) is 0 Å². The van der Waals surface area contributed by atoms with Gasteiger partial charge in [-0.2, -0.15) is 0 Å². The number of amides is 1. The molecule has 1 aromatic heterocycles. The van der Waals surface area contributed by atoms with Gasteiger partial charge < -0.3 is 5.32 Å². The van der Waals surface area contributed by atoms with E-state index >= 15 is 0 Å². The SMILES string of the molecule is Cc1ccc(NC(=O)Cn2c(C)nc3c(c2=O)CCN(Cc2ccccc2)C3)c(C)c1. The monoisotopic (exact) mass is 416 g/mol. The number of benzene rings is 2. The normalized spacial score (nSPS) is 13.6. The molecule has 0 saturated carbocycles. The summed E-state index contributed by atoms with van der Waals surface area (Å²) >= 11 is 0. The molecule has 0 bridgehead atoms. The Morgan fingerprint density at radius 3 is 2.61 bits per heavy atom. The second kappa shape index (κ2) is 8.86. The molecule has 1 amide bonds. The van der Waals surface area contributed by atoms with Crippen molar-refractivity contribution >= 4 is 11.6 Å². The van der Waals surface area contributed by atoms with Gasteiger partial charge in [0.25, 0.3) is 5.56 Å². The van der Waals surface area contributed by atoms with Crippen molar-refractivity contribution in [2.75, 3.05) is 11.9 Å². The van der Waals surface area contributed by atoms with Gasteiger partial charge in [0.1, 0.15) is 12.4 Å². The molecule has 0 radical (unpaired) electrons. The zero-order valence-electron chi connectivity index (χ0n) is 18.3. The second-order valence-corrected chi connectivity index (χ2v) is 8.29. The van der Waals surface area contributed by atoms with Crippen LogP contribution in [0, 0.1) is 20.8 Å². The summed E-state index contributed by atoms with van der Waals surface area (Å²) in [5.74, 6) is 0.349. The Kier molecular flexibility index (Phi) is 6.00. The number of carbonyl (C=O) groups is 1. The fraction of sp³-hybridized carbons (Fsp3) is 0.320. The topological polar surface area (TPSA) is 67.2 Å². The van der Waals surface area contributed by atoms with Crippen molar-refractivity contribution in [2.45, 2.75) is 46.8 Å². The Morgan fingerprint density at radius 1 is 1.10 bits per heavy atom. The third-order valence-corrected chi connectivity index (χ3v) is 5.80. The zero-order chi connectivity index (χ0) is 22.0. The second-order valence-electron chi connectivity index (χ2n) is 8.29. The fourth-order valence-electron chi connectivity index (χ4n) is 4.15. The molecular weight excluding hydrogens is 388 g/mol. The lowest BCUT2D eigenvalue weighted by Gasteiger charge is -2.28. The molecule has 0 spiro atoms. The van der Waals surface area contributed by atoms with Crippen LogP contribution in [0.1, 0.15) is 33.8 Å². The van der Waals surface area contributed by atoms with Crippen LogP contribution in [0.25, 0.3) is 0 Å². The number of hydrogen-bond acceptors (Lipinski definition) is 4. The van der Waals surface area contributed by atoms with Crippen molar-refractivity contribution in [3.05, 3.63) is 92.7 Å². The minimum atomic E-state index is -0.222. The van der Waals surface area contributed by atoms with E-state index in [1.54, 1.807) is 6.92 Å². The summed E-state index contributed by atoms with van der Waals surface area (Å²) in [6, 6.07) is 16.2. The number of fused-ring (bicyclic) bond motifs is 1. The zero-order valence-corrected chi connectivity index (χ0v) is 18.3. The fourth-order valence-corrected chi connectivity index (χ4v) is 4.15. The molecule has 1 aliphatic rings. The van der Waals surface area contributed by atoms with Gasteiger partial charge >= 0.3 is 0 Å². The maximum atomic E-state index is 13.1. The Morgan fingerprint density at radius 2 is 1.87 bits per heavy atom. The maximum absolute atomic E-state index is 13.1. The summed E-state index contributed by atoms with van der Waals surface area (Å²) in [5.41, 5.74) is 5.62. The van der Waals surface area contributed by atoms with E-state index in [0.717, 1.165) is 41.2 Å². The van der Waals surface area contributed by atoms with Crippen LogP contribution in [-0.4, -0.2) is 26.9 Å². The first kappa shape index (κ1) is 21.0. The smallest absolute Gasteiger partial charge is 0.257 e. The van der Waals surface area contributed by atoms with E-state index in [1.807, 2.05) is 50.2 Å². The molecule has 1 aliphatic heterocycles. The van der Waals surface area contributed by atoms with Gasteiger partial charge in [-0.15, -0.1) is 0 Å². The molecule has 0 atom stereocenters. The van der Waals surface area contributed by atoms with E-state index in [4.69, 9.17) is 4.98 Å². The van der Waals surface area contributed by atoms with Crippen LogP contribution in [0.3, 0.4) is 0 Å². The van der Waals surface area contributed by atoms with Gasteiger partial charge in [-0.1, -0.05) is 48.0 Å². The standard InChI is InChI=1S/C25H28N4O2/c1-17-9-10-22(18(2)13-17)27-24(30)16-29-19(3)26-23-15-28(12-11-21(23)25(29)31)14-20-7-5-4-6-8-20/h4-10,13H,11-12,14-16H2,1-3H3,(H,27,30). The van der Waals surface area contributed by atoms with E-state index in [0.29, 0.717) is 18.8 Å². The molecule has 6 nitrogen and oxygen atoms in total. The van der Waals surface area contributed by atoms with Crippen molar-refractivity contribution < 1.29 is 4.79 Å². The summed E-state index contributed by atoms with van der Waals surface area (Å²) in [7, 11) is 0. The minimum absolute atomic E-state index is 0.0357. The lowest BCUT2D eigenvalue weighted by molar-refractivity contribution is -0.116. The minimum Gasteiger partial charge on any atom is -0.324 e. The number of rotatable bonds is 5. The highest BCUT2D eigenvalue weighted by Crippen LogP contribution is 2.18. The van der Waals surface area contributed by atoms with Crippen LogP contribution in [-0.2, 0) is 30.8 Å². The molecule has 6 heteroatoms. The molecule has 4 rings (SSSR count). The third-order valence-electron chi connectivity index (χ3n) is 5.80. The molecule has 1 N–H and O–H groups in total. The summed E-state index contributed by atoms with van der Waals surface area (Å²) < 4.78 is 1.49. The van der Waals surface area contributed by atoms with Crippen molar-refractivity contribution in [3.8, 4) is 0 Å². The van der Waals surface area contributed by atoms with Gasteiger partial charge in [0.05, 0.1) is 5.69 Å². The predicted molar refractivity (Wildman–Crippen MR) is 122 cm³/mol. The highest BCUT2D eigenvalue weighted by molar-refractivity contribution is 5.91. The quantitative estimate of drug-likeness (QED) is 0.693. The molecule has 3 aromatic rings. The summed E-state index contributed by atoms with van der Waals surface area (Å²) in [6.07, 6.45) is 0.646. The number of nitrogens with zero attached hydrogens (tertiary/aromatic N) is 3. The van der Waals surface area contributed by atoms with Crippen molar-refractivity contribution in [3.63, 3.8) is 0 Å². The van der Waals surface area contributed by atoms with Gasteiger partial charge in [0.15, 0.2) is 0 Å². The van der Waals surface area contributed by atoms with E-state index < -0.39 is 0 Å². The van der Waals surface area contributed by atoms with Crippen LogP contribution in [0.5, 0.6) is 0 Å². The highest BCUT2D eigenvalue weighted by atomic mass is 16.2. The number of hydrogen-bond donors (Lipinski definition) is 1. The maximum Gasteiger partial charge on any atom is 0.257 e. The highest BCUT2D eigenvalue weighted by Gasteiger charge is 2.23. The average molecular weight is 417 g/mol. The Hall–Kier alpha value is -3.25. The van der Waals surface area contributed by atoms with E-state index in [2.05, 4.69) is 22.3 Å². The van der Waals surface area contributed by atoms with Gasteiger partial charge in [-0.05, 0) is 44.4 Å². The lowest BCUT2D eigenvalue weighted by atomic mass is 10.1. The molecule has 2 heterocycles. The number of aryl methyl sites for hydroxylation is 3. The van der Waals surface area contributed by atoms with Crippen LogP contribution >= 0.6 is 0 Å². The largest absolute Gasteiger partial charge is 0.324 e. The molecule has 0 aliphatic carbocycles. The molecule has 31 heavy (non-hydrogen) atoms. The predicted octanol–water partition coefficient (Wildman–Crippen LogP) is 3.37. The van der Waals surface area contributed by atoms with E-state index in [1.165, 1.54) is 10.1 Å². The number of anilines is 1. The first-order valence-electron chi connectivity index (χ1n) is 10.6. The lowest BCUT2D eigenvalue weighted by Crippen LogP contribution is -2.39. The molecular formula is C25H28N4O2. The molecule has 0 unspecified atom stereocenters. The molecule has 0 fully saturated rings. The van der Waals surface area contributed by atoms with Crippen LogP contribution in [0.4, 0.5) is 5.69 Å². The van der Waals surface area contributed by atoms with Gasteiger partial charge in [0.2, 0.25) is 5.91 Å². The average Bonchev–Trinajstić information content (AvgIpc) is 2.74. The Balaban J connectivity index is 1.49. The molecule has 0 saturated heterocycles. The Bertz CT molecular complexity index is 1170. The molecule has 2 aromatic carbocycles. The van der Waals surface area contributed by atoms with Crippen LogP contribution in [0.15, 0.2) is 53.3 Å². The van der Waals surface area contributed by atoms with Crippen molar-refractivity contribution in [1.29, 1.82) is 0 Å². The van der Waals surface area contributed by atoms with Gasteiger partial charge in [-0.3, -0.25) is 19.1 Å². The number of carbonyl (C=O) groups excluding carboxylic acids is 1. The Labute approximate surface area is 182 Å². The molecule has 160 valence electrons. The van der Waals surface area contributed by atoms with Crippen LogP contribution < -0.4 is 10.9 Å².